The topological polar surface area (TPSA) is 85.4 Å². The summed E-state index contributed by atoms with van der Waals surface area (Å²) in [6, 6.07) is -0.620. The molecule has 202 valence electrons. The van der Waals surface area contributed by atoms with Crippen LogP contribution in [0, 0.1) is 0 Å². The molecule has 2 aliphatic rings. The van der Waals surface area contributed by atoms with Gasteiger partial charge in [-0.15, -0.1) is 0 Å². The van der Waals surface area contributed by atoms with E-state index in [0.29, 0.717) is 32.5 Å². The van der Waals surface area contributed by atoms with Crippen molar-refractivity contribution in [3.8, 4) is 0 Å². The molecule has 36 heavy (non-hydrogen) atoms. The molecule has 0 radical (unpaired) electrons. The standard InChI is InChI=1S/C26H43N5O4S/c1-6-7-8-15-30-20-24(29(3)23(25(30)33)14-18-36-5)31(28(2)16-17-32)26(34)27-19-21-10-9-11-22(35-4)13-12-21/h10-13,17,23-24H,6-9,14-16,18-20H2,1-5H3,(H,27,34)/t23-,24?/m0/s1. The van der Waals surface area contributed by atoms with Crippen LogP contribution in [0.2, 0.25) is 0 Å². The lowest BCUT2D eigenvalue weighted by molar-refractivity contribution is -0.157. The number of urea groups is 1. The maximum atomic E-state index is 13.6. The molecule has 1 heterocycles. The Labute approximate surface area is 220 Å². The SMILES string of the molecule is CCCCCN1CC(N(C(=O)NCC2=CCC=C(OC)C=C2)N(C)CC=O)N(C)[C@@H](CCSC)C1=O. The van der Waals surface area contributed by atoms with Crippen molar-refractivity contribution in [2.45, 2.75) is 51.2 Å². The molecular weight excluding hydrogens is 478 g/mol. The van der Waals surface area contributed by atoms with Crippen LogP contribution < -0.4 is 5.32 Å². The molecule has 0 saturated carbocycles. The van der Waals surface area contributed by atoms with Crippen LogP contribution in [-0.2, 0) is 14.3 Å². The van der Waals surface area contributed by atoms with Crippen molar-refractivity contribution >= 4 is 30.0 Å². The largest absolute Gasteiger partial charge is 0.497 e. The van der Waals surface area contributed by atoms with Crippen molar-refractivity contribution in [2.24, 2.45) is 0 Å². The summed E-state index contributed by atoms with van der Waals surface area (Å²) in [5.74, 6) is 1.75. The first-order chi connectivity index (χ1) is 17.4. The highest BCUT2D eigenvalue weighted by Crippen LogP contribution is 2.23. The van der Waals surface area contributed by atoms with Crippen LogP contribution in [-0.4, -0.2) is 110 Å². The summed E-state index contributed by atoms with van der Waals surface area (Å²) in [6.07, 6.45) is 14.7. The van der Waals surface area contributed by atoms with Gasteiger partial charge >= 0.3 is 6.03 Å². The summed E-state index contributed by atoms with van der Waals surface area (Å²) < 4.78 is 5.29. The smallest absolute Gasteiger partial charge is 0.333 e. The number of amides is 3. The molecular formula is C26H43N5O4S. The highest BCUT2D eigenvalue weighted by Gasteiger charge is 2.43. The number of likely N-dealkylation sites (N-methyl/N-ethyl adjacent to an activating group) is 2. The van der Waals surface area contributed by atoms with Crippen molar-refractivity contribution in [2.75, 3.05) is 59.4 Å². The zero-order valence-electron chi connectivity index (χ0n) is 22.4. The molecule has 0 bridgehead atoms. The zero-order valence-corrected chi connectivity index (χ0v) is 23.3. The van der Waals surface area contributed by atoms with E-state index in [-0.39, 0.29) is 30.7 Å². The lowest BCUT2D eigenvalue weighted by atomic mass is 10.1. The van der Waals surface area contributed by atoms with E-state index in [1.807, 2.05) is 47.4 Å². The van der Waals surface area contributed by atoms with Crippen LogP contribution >= 0.6 is 11.8 Å². The van der Waals surface area contributed by atoms with Gasteiger partial charge in [0.05, 0.1) is 26.2 Å². The summed E-state index contributed by atoms with van der Waals surface area (Å²) in [6.45, 7) is 3.63. The first kappa shape index (κ1) is 29.9. The monoisotopic (exact) mass is 521 g/mol. The van der Waals surface area contributed by atoms with Gasteiger partial charge in [0.25, 0.3) is 0 Å². The van der Waals surface area contributed by atoms with Gasteiger partial charge in [-0.1, -0.05) is 31.9 Å². The molecule has 1 fully saturated rings. The Morgan fingerprint density at radius 3 is 2.75 bits per heavy atom. The van der Waals surface area contributed by atoms with Gasteiger partial charge in [0.1, 0.15) is 18.2 Å². The molecule has 0 aromatic rings. The minimum atomic E-state index is -0.387. The Morgan fingerprint density at radius 1 is 1.31 bits per heavy atom. The second kappa shape index (κ2) is 15.7. The van der Waals surface area contributed by atoms with E-state index in [1.54, 1.807) is 35.9 Å². The molecule has 3 amide bonds. The van der Waals surface area contributed by atoms with Gasteiger partial charge in [0.2, 0.25) is 5.91 Å². The Bertz CT molecular complexity index is 831. The number of aldehydes is 1. The third kappa shape index (κ3) is 8.38. The molecule has 9 nitrogen and oxygen atoms in total. The van der Waals surface area contributed by atoms with Crippen LogP contribution in [0.4, 0.5) is 4.79 Å². The Kier molecular flexibility index (Phi) is 13.1. The van der Waals surface area contributed by atoms with Crippen LogP contribution in [0.5, 0.6) is 0 Å². The number of piperazine rings is 1. The van der Waals surface area contributed by atoms with Crippen LogP contribution in [0.1, 0.15) is 39.0 Å². The Morgan fingerprint density at radius 2 is 2.08 bits per heavy atom. The van der Waals surface area contributed by atoms with E-state index in [9.17, 15) is 14.4 Å². The predicted molar refractivity (Wildman–Crippen MR) is 145 cm³/mol. The summed E-state index contributed by atoms with van der Waals surface area (Å²) >= 11 is 1.71. The fourth-order valence-corrected chi connectivity index (χ4v) is 4.93. The third-order valence-electron chi connectivity index (χ3n) is 6.61. The number of allylic oxidation sites excluding steroid dienone is 3. The number of carbonyl (C=O) groups excluding carboxylic acids is 3. The number of methoxy groups -OCH3 is 1. The molecule has 2 rings (SSSR count). The van der Waals surface area contributed by atoms with E-state index in [1.165, 1.54) is 0 Å². The number of unbranched alkanes of at least 4 members (excludes halogenated alkanes) is 2. The van der Waals surface area contributed by atoms with Gasteiger partial charge in [-0.05, 0) is 56.0 Å². The summed E-state index contributed by atoms with van der Waals surface area (Å²) in [7, 11) is 5.27. The first-order valence-electron chi connectivity index (χ1n) is 12.7. The Balaban J connectivity index is 2.24. The van der Waals surface area contributed by atoms with Gasteiger partial charge in [-0.2, -0.15) is 11.8 Å². The minimum Gasteiger partial charge on any atom is -0.497 e. The number of hydrogen-bond acceptors (Lipinski definition) is 7. The van der Waals surface area contributed by atoms with Gasteiger partial charge in [-0.25, -0.2) is 14.8 Å². The molecule has 1 aliphatic heterocycles. The third-order valence-corrected chi connectivity index (χ3v) is 7.25. The molecule has 2 atom stereocenters. The summed E-state index contributed by atoms with van der Waals surface area (Å²) in [5, 5.41) is 6.25. The highest BCUT2D eigenvalue weighted by atomic mass is 32.2. The molecule has 0 spiro atoms. The molecule has 1 unspecified atom stereocenters. The molecule has 1 saturated heterocycles. The zero-order chi connectivity index (χ0) is 26.5. The number of nitrogens with one attached hydrogen (secondary N) is 1. The number of carbonyl (C=O) groups is 3. The number of hydrazine groups is 1. The van der Waals surface area contributed by atoms with Crippen LogP contribution in [0.25, 0.3) is 0 Å². The normalized spacial score (nSPS) is 20.6. The summed E-state index contributed by atoms with van der Waals surface area (Å²) in [4.78, 5) is 42.2. The van der Waals surface area contributed by atoms with Crippen molar-refractivity contribution in [3.05, 3.63) is 35.6 Å². The predicted octanol–water partition coefficient (Wildman–Crippen LogP) is 2.87. The molecule has 0 aromatic heterocycles. The average molecular weight is 522 g/mol. The number of thioether (sulfide) groups is 1. The van der Waals surface area contributed by atoms with E-state index in [4.69, 9.17) is 4.74 Å². The van der Waals surface area contributed by atoms with Crippen LogP contribution in [0.3, 0.4) is 0 Å². The summed E-state index contributed by atoms with van der Waals surface area (Å²) in [5.41, 5.74) is 0.968. The minimum absolute atomic E-state index is 0.0702. The quantitative estimate of drug-likeness (QED) is 0.214. The van der Waals surface area contributed by atoms with Gasteiger partial charge < -0.3 is 19.7 Å². The maximum Gasteiger partial charge on any atom is 0.333 e. The molecule has 0 aromatic carbocycles. The second-order valence-corrected chi connectivity index (χ2v) is 10.1. The number of hydrogen-bond donors (Lipinski definition) is 1. The number of nitrogens with zero attached hydrogens (tertiary/aromatic N) is 4. The lowest BCUT2D eigenvalue weighted by Gasteiger charge is -2.50. The van der Waals surface area contributed by atoms with Gasteiger partial charge in [-0.3, -0.25) is 9.69 Å². The van der Waals surface area contributed by atoms with E-state index < -0.39 is 0 Å². The van der Waals surface area contributed by atoms with Crippen molar-refractivity contribution in [1.82, 2.24) is 25.1 Å². The van der Waals surface area contributed by atoms with Crippen LogP contribution in [0.15, 0.2) is 35.6 Å². The average Bonchev–Trinajstić information content (AvgIpc) is 3.10. The Hall–Kier alpha value is -2.30. The molecule has 10 heteroatoms. The maximum absolute atomic E-state index is 13.6. The number of rotatable bonds is 14. The van der Waals surface area contributed by atoms with Crippen molar-refractivity contribution in [1.29, 1.82) is 0 Å². The highest BCUT2D eigenvalue weighted by molar-refractivity contribution is 7.98. The first-order valence-corrected chi connectivity index (χ1v) is 14.1. The van der Waals surface area contributed by atoms with E-state index in [0.717, 1.165) is 42.6 Å². The van der Waals surface area contributed by atoms with Crippen molar-refractivity contribution in [3.63, 3.8) is 0 Å². The second-order valence-electron chi connectivity index (χ2n) is 9.10. The molecule has 1 aliphatic carbocycles. The fraction of sp³-hybridized carbons (Fsp3) is 0.654. The number of ether oxygens (including phenoxy) is 1. The van der Waals surface area contributed by atoms with E-state index in [2.05, 4.69) is 12.2 Å². The van der Waals surface area contributed by atoms with Gasteiger partial charge in [0, 0.05) is 20.1 Å². The van der Waals surface area contributed by atoms with Crippen molar-refractivity contribution < 1.29 is 19.1 Å². The lowest BCUT2D eigenvalue weighted by Crippen LogP contribution is -2.69. The van der Waals surface area contributed by atoms with E-state index >= 15 is 0 Å². The fourth-order valence-electron chi connectivity index (χ4n) is 4.48. The molecule has 1 N–H and O–H groups in total. The van der Waals surface area contributed by atoms with Gasteiger partial charge in [0.15, 0.2) is 0 Å².